The molecule has 0 saturated carbocycles. The van der Waals surface area contributed by atoms with Gasteiger partial charge in [-0.05, 0) is 43.0 Å². The standard InChI is InChI=1S/C14H23N3/c1-2-12-4-3-9-17(11-12)14(10-15)13-5-7-16-8-6-13/h5-8,12,14H,2-4,9-11,15H2,1H3. The van der Waals surface area contributed by atoms with Crippen molar-refractivity contribution in [2.24, 2.45) is 11.7 Å². The maximum Gasteiger partial charge on any atom is 0.0471 e. The number of hydrogen-bond acceptors (Lipinski definition) is 3. The largest absolute Gasteiger partial charge is 0.329 e. The van der Waals surface area contributed by atoms with Crippen LogP contribution in [0.3, 0.4) is 0 Å². The third kappa shape index (κ3) is 3.05. The summed E-state index contributed by atoms with van der Waals surface area (Å²) >= 11 is 0. The van der Waals surface area contributed by atoms with Crippen molar-refractivity contribution >= 4 is 0 Å². The van der Waals surface area contributed by atoms with Gasteiger partial charge in [0.1, 0.15) is 0 Å². The summed E-state index contributed by atoms with van der Waals surface area (Å²) in [5, 5.41) is 0. The van der Waals surface area contributed by atoms with Crippen LogP contribution in [0.25, 0.3) is 0 Å². The van der Waals surface area contributed by atoms with Crippen molar-refractivity contribution in [1.29, 1.82) is 0 Å². The van der Waals surface area contributed by atoms with Crippen LogP contribution in [0.15, 0.2) is 24.5 Å². The lowest BCUT2D eigenvalue weighted by Gasteiger charge is -2.37. The van der Waals surface area contributed by atoms with Gasteiger partial charge in [0.25, 0.3) is 0 Å². The van der Waals surface area contributed by atoms with Crippen molar-refractivity contribution in [2.45, 2.75) is 32.2 Å². The molecule has 3 nitrogen and oxygen atoms in total. The van der Waals surface area contributed by atoms with Crippen LogP contribution in [0, 0.1) is 5.92 Å². The highest BCUT2D eigenvalue weighted by Crippen LogP contribution is 2.27. The van der Waals surface area contributed by atoms with Crippen LogP contribution >= 0.6 is 0 Å². The third-order valence-electron chi connectivity index (χ3n) is 3.88. The van der Waals surface area contributed by atoms with Crippen molar-refractivity contribution in [1.82, 2.24) is 9.88 Å². The summed E-state index contributed by atoms with van der Waals surface area (Å²) in [6.45, 7) is 5.36. The van der Waals surface area contributed by atoms with Gasteiger partial charge in [-0.15, -0.1) is 0 Å². The van der Waals surface area contributed by atoms with E-state index in [1.807, 2.05) is 12.4 Å². The zero-order valence-corrected chi connectivity index (χ0v) is 10.7. The van der Waals surface area contributed by atoms with E-state index in [4.69, 9.17) is 5.73 Å². The number of rotatable bonds is 4. The molecule has 2 N–H and O–H groups in total. The Balaban J connectivity index is 2.08. The Labute approximate surface area is 104 Å². The van der Waals surface area contributed by atoms with E-state index in [1.165, 1.54) is 37.9 Å². The fraction of sp³-hybridized carbons (Fsp3) is 0.643. The van der Waals surface area contributed by atoms with Crippen LogP contribution in [0.4, 0.5) is 0 Å². The Hall–Kier alpha value is -0.930. The molecular formula is C14H23N3. The van der Waals surface area contributed by atoms with Gasteiger partial charge in [0, 0.05) is 31.5 Å². The first kappa shape index (κ1) is 12.5. The fourth-order valence-corrected chi connectivity index (χ4v) is 2.80. The lowest BCUT2D eigenvalue weighted by atomic mass is 9.93. The molecule has 1 aliphatic heterocycles. The summed E-state index contributed by atoms with van der Waals surface area (Å²) < 4.78 is 0. The molecule has 0 amide bonds. The summed E-state index contributed by atoms with van der Waals surface area (Å²) in [5.41, 5.74) is 7.27. The average Bonchev–Trinajstić information content (AvgIpc) is 2.41. The Kier molecular flexibility index (Phi) is 4.51. The van der Waals surface area contributed by atoms with Gasteiger partial charge in [0.15, 0.2) is 0 Å². The molecule has 17 heavy (non-hydrogen) atoms. The highest BCUT2D eigenvalue weighted by atomic mass is 15.2. The molecule has 1 fully saturated rings. The topological polar surface area (TPSA) is 42.1 Å². The fourth-order valence-electron chi connectivity index (χ4n) is 2.80. The number of pyridine rings is 1. The predicted molar refractivity (Wildman–Crippen MR) is 70.6 cm³/mol. The first-order valence-electron chi connectivity index (χ1n) is 6.69. The predicted octanol–water partition coefficient (Wildman–Crippen LogP) is 2.20. The molecule has 0 aromatic carbocycles. The maximum absolute atomic E-state index is 5.96. The lowest BCUT2D eigenvalue weighted by molar-refractivity contribution is 0.124. The van der Waals surface area contributed by atoms with Crippen LogP contribution in [-0.2, 0) is 0 Å². The van der Waals surface area contributed by atoms with Crippen LogP contribution < -0.4 is 5.73 Å². The summed E-state index contributed by atoms with van der Waals surface area (Å²) in [7, 11) is 0. The normalized spacial score (nSPS) is 23.5. The second kappa shape index (κ2) is 6.12. The smallest absolute Gasteiger partial charge is 0.0471 e. The zero-order chi connectivity index (χ0) is 12.1. The van der Waals surface area contributed by atoms with E-state index in [-0.39, 0.29) is 0 Å². The van der Waals surface area contributed by atoms with Gasteiger partial charge >= 0.3 is 0 Å². The molecule has 0 aliphatic carbocycles. The van der Waals surface area contributed by atoms with Crippen molar-refractivity contribution in [3.8, 4) is 0 Å². The molecule has 2 rings (SSSR count). The molecule has 1 aromatic rings. The second-order valence-corrected chi connectivity index (χ2v) is 4.94. The first-order valence-corrected chi connectivity index (χ1v) is 6.69. The van der Waals surface area contributed by atoms with Crippen LogP contribution in [-0.4, -0.2) is 29.5 Å². The summed E-state index contributed by atoms with van der Waals surface area (Å²) in [6, 6.07) is 4.55. The van der Waals surface area contributed by atoms with E-state index in [1.54, 1.807) is 0 Å². The van der Waals surface area contributed by atoms with Gasteiger partial charge < -0.3 is 5.73 Å². The Morgan fingerprint density at radius 3 is 2.88 bits per heavy atom. The lowest BCUT2D eigenvalue weighted by Crippen LogP contribution is -2.40. The van der Waals surface area contributed by atoms with E-state index in [0.717, 1.165) is 5.92 Å². The molecule has 1 aliphatic rings. The van der Waals surface area contributed by atoms with Gasteiger partial charge in [0.05, 0.1) is 0 Å². The van der Waals surface area contributed by atoms with Gasteiger partial charge in [-0.25, -0.2) is 0 Å². The average molecular weight is 233 g/mol. The third-order valence-corrected chi connectivity index (χ3v) is 3.88. The molecule has 94 valence electrons. The molecule has 0 bridgehead atoms. The molecule has 0 radical (unpaired) electrons. The zero-order valence-electron chi connectivity index (χ0n) is 10.7. The number of aromatic nitrogens is 1. The highest BCUT2D eigenvalue weighted by molar-refractivity contribution is 5.15. The molecule has 0 spiro atoms. The number of hydrogen-bond donors (Lipinski definition) is 1. The van der Waals surface area contributed by atoms with Crippen LogP contribution in [0.1, 0.15) is 37.8 Å². The van der Waals surface area contributed by atoms with Crippen molar-refractivity contribution in [3.05, 3.63) is 30.1 Å². The minimum Gasteiger partial charge on any atom is -0.329 e. The van der Waals surface area contributed by atoms with E-state index < -0.39 is 0 Å². The van der Waals surface area contributed by atoms with Crippen molar-refractivity contribution in [2.75, 3.05) is 19.6 Å². The Morgan fingerprint density at radius 2 is 2.24 bits per heavy atom. The highest BCUT2D eigenvalue weighted by Gasteiger charge is 2.25. The number of piperidine rings is 1. The summed E-state index contributed by atoms with van der Waals surface area (Å²) in [5.74, 6) is 0.847. The molecule has 1 aromatic heterocycles. The maximum atomic E-state index is 5.96. The minimum atomic E-state index is 0.368. The quantitative estimate of drug-likeness (QED) is 0.867. The second-order valence-electron chi connectivity index (χ2n) is 4.94. The SMILES string of the molecule is CCC1CCCN(C(CN)c2ccncc2)C1. The summed E-state index contributed by atoms with van der Waals surface area (Å²) in [4.78, 5) is 6.63. The Bertz CT molecular complexity index is 325. The number of likely N-dealkylation sites (tertiary alicyclic amines) is 1. The van der Waals surface area contributed by atoms with Gasteiger partial charge in [-0.3, -0.25) is 9.88 Å². The molecular weight excluding hydrogens is 210 g/mol. The molecule has 2 atom stereocenters. The van der Waals surface area contributed by atoms with Crippen LogP contribution in [0.2, 0.25) is 0 Å². The Morgan fingerprint density at radius 1 is 1.47 bits per heavy atom. The van der Waals surface area contributed by atoms with Gasteiger partial charge in [-0.2, -0.15) is 0 Å². The minimum absolute atomic E-state index is 0.368. The monoisotopic (exact) mass is 233 g/mol. The molecule has 2 heterocycles. The van der Waals surface area contributed by atoms with Gasteiger partial charge in [0.2, 0.25) is 0 Å². The number of nitrogens with two attached hydrogens (primary N) is 1. The van der Waals surface area contributed by atoms with E-state index >= 15 is 0 Å². The molecule has 2 unspecified atom stereocenters. The molecule has 1 saturated heterocycles. The van der Waals surface area contributed by atoms with Crippen molar-refractivity contribution < 1.29 is 0 Å². The van der Waals surface area contributed by atoms with E-state index in [2.05, 4.69) is 28.9 Å². The summed E-state index contributed by atoms with van der Waals surface area (Å²) in [6.07, 6.45) is 7.68. The van der Waals surface area contributed by atoms with Gasteiger partial charge in [-0.1, -0.05) is 13.3 Å². The van der Waals surface area contributed by atoms with Crippen LogP contribution in [0.5, 0.6) is 0 Å². The van der Waals surface area contributed by atoms with Crippen molar-refractivity contribution in [3.63, 3.8) is 0 Å². The number of nitrogens with zero attached hydrogens (tertiary/aromatic N) is 2. The first-order chi connectivity index (χ1) is 8.35. The van der Waals surface area contributed by atoms with E-state index in [0.29, 0.717) is 12.6 Å². The van der Waals surface area contributed by atoms with E-state index in [9.17, 15) is 0 Å². The molecule has 3 heteroatoms.